The van der Waals surface area contributed by atoms with Gasteiger partial charge in [0, 0.05) is 16.6 Å². The van der Waals surface area contributed by atoms with Crippen molar-refractivity contribution in [3.63, 3.8) is 0 Å². The van der Waals surface area contributed by atoms with E-state index in [4.69, 9.17) is 22.1 Å². The minimum absolute atomic E-state index is 0.261. The molecule has 0 aliphatic carbocycles. The van der Waals surface area contributed by atoms with Gasteiger partial charge in [-0.2, -0.15) is 0 Å². The van der Waals surface area contributed by atoms with Crippen LogP contribution in [0, 0.1) is 19.7 Å². The van der Waals surface area contributed by atoms with Crippen molar-refractivity contribution in [3.8, 4) is 5.75 Å². The van der Waals surface area contributed by atoms with Gasteiger partial charge >= 0.3 is 0 Å². The van der Waals surface area contributed by atoms with Crippen LogP contribution in [0.15, 0.2) is 30.3 Å². The number of rotatable bonds is 4. The van der Waals surface area contributed by atoms with Gasteiger partial charge in [0.25, 0.3) is 0 Å². The Morgan fingerprint density at radius 1 is 1.24 bits per heavy atom. The van der Waals surface area contributed by atoms with Gasteiger partial charge in [-0.05, 0) is 55.2 Å². The van der Waals surface area contributed by atoms with E-state index in [1.807, 2.05) is 19.9 Å². The Kier molecular flexibility index (Phi) is 4.86. The van der Waals surface area contributed by atoms with Crippen molar-refractivity contribution < 1.29 is 9.13 Å². The molecule has 0 heterocycles. The highest BCUT2D eigenvalue weighted by Crippen LogP contribution is 2.32. The maximum Gasteiger partial charge on any atom is 0.124 e. The van der Waals surface area contributed by atoms with Crippen molar-refractivity contribution in [1.29, 1.82) is 0 Å². The molecule has 0 radical (unpaired) electrons. The molecule has 0 amide bonds. The Morgan fingerprint density at radius 2 is 1.95 bits per heavy atom. The number of aryl methyl sites for hydroxylation is 2. The largest absolute Gasteiger partial charge is 0.496 e. The predicted molar refractivity (Wildman–Crippen MR) is 84.5 cm³/mol. The highest BCUT2D eigenvalue weighted by molar-refractivity contribution is 6.31. The van der Waals surface area contributed by atoms with Gasteiger partial charge in [-0.15, -0.1) is 0 Å². The van der Waals surface area contributed by atoms with Crippen LogP contribution in [0.2, 0.25) is 5.02 Å². The lowest BCUT2D eigenvalue weighted by Gasteiger charge is -2.19. The SMILES string of the molecule is COc1cc(C)cc(C)c1C(N)Cc1ccc(F)cc1Cl. The van der Waals surface area contributed by atoms with Crippen LogP contribution in [-0.2, 0) is 6.42 Å². The molecule has 112 valence electrons. The zero-order chi connectivity index (χ0) is 15.6. The van der Waals surface area contributed by atoms with Crippen molar-refractivity contribution in [2.24, 2.45) is 5.73 Å². The lowest BCUT2D eigenvalue weighted by atomic mass is 9.94. The summed E-state index contributed by atoms with van der Waals surface area (Å²) in [7, 11) is 1.63. The van der Waals surface area contributed by atoms with Crippen LogP contribution in [0.3, 0.4) is 0 Å². The fraction of sp³-hybridized carbons (Fsp3) is 0.294. The Hall–Kier alpha value is -1.58. The average Bonchev–Trinajstić information content (AvgIpc) is 2.40. The fourth-order valence-corrected chi connectivity index (χ4v) is 2.85. The van der Waals surface area contributed by atoms with Crippen molar-refractivity contribution in [1.82, 2.24) is 0 Å². The van der Waals surface area contributed by atoms with E-state index in [9.17, 15) is 4.39 Å². The number of hydrogen-bond acceptors (Lipinski definition) is 2. The van der Waals surface area contributed by atoms with Gasteiger partial charge in [-0.3, -0.25) is 0 Å². The van der Waals surface area contributed by atoms with Gasteiger partial charge in [0.05, 0.1) is 7.11 Å². The van der Waals surface area contributed by atoms with Crippen LogP contribution < -0.4 is 10.5 Å². The first kappa shape index (κ1) is 15.8. The summed E-state index contributed by atoms with van der Waals surface area (Å²) in [4.78, 5) is 0. The number of halogens is 2. The zero-order valence-corrected chi connectivity index (χ0v) is 13.2. The molecule has 4 heteroatoms. The molecule has 2 rings (SSSR count). The molecule has 0 saturated carbocycles. The molecule has 2 aromatic carbocycles. The van der Waals surface area contributed by atoms with E-state index in [1.54, 1.807) is 13.2 Å². The van der Waals surface area contributed by atoms with Crippen LogP contribution in [0.5, 0.6) is 5.75 Å². The van der Waals surface area contributed by atoms with Gasteiger partial charge in [0.1, 0.15) is 11.6 Å². The molecule has 0 aliphatic rings. The predicted octanol–water partition coefficient (Wildman–Crippen LogP) is 4.35. The second-order valence-electron chi connectivity index (χ2n) is 5.24. The molecule has 0 saturated heterocycles. The molecule has 1 unspecified atom stereocenters. The highest BCUT2D eigenvalue weighted by Gasteiger charge is 2.17. The number of hydrogen-bond donors (Lipinski definition) is 1. The molecular formula is C17H19ClFNO. The van der Waals surface area contributed by atoms with E-state index in [1.165, 1.54) is 12.1 Å². The van der Waals surface area contributed by atoms with Crippen molar-refractivity contribution in [3.05, 3.63) is 63.4 Å². The Morgan fingerprint density at radius 3 is 2.57 bits per heavy atom. The van der Waals surface area contributed by atoms with Gasteiger partial charge < -0.3 is 10.5 Å². The standard InChI is InChI=1S/C17H19ClFNO/c1-10-6-11(2)17(16(7-10)21-3)15(20)8-12-4-5-13(19)9-14(12)18/h4-7,9,15H,8,20H2,1-3H3. The molecule has 2 nitrogen and oxygen atoms in total. The van der Waals surface area contributed by atoms with Crippen LogP contribution in [-0.4, -0.2) is 7.11 Å². The molecule has 0 aromatic heterocycles. The molecule has 0 aliphatic heterocycles. The van der Waals surface area contributed by atoms with Crippen LogP contribution in [0.4, 0.5) is 4.39 Å². The summed E-state index contributed by atoms with van der Waals surface area (Å²) in [6.45, 7) is 4.03. The monoisotopic (exact) mass is 307 g/mol. The van der Waals surface area contributed by atoms with Gasteiger partial charge in [0.15, 0.2) is 0 Å². The number of methoxy groups -OCH3 is 1. The summed E-state index contributed by atoms with van der Waals surface area (Å²) >= 11 is 6.07. The van der Waals surface area contributed by atoms with Crippen LogP contribution >= 0.6 is 11.6 Å². The summed E-state index contributed by atoms with van der Waals surface area (Å²) in [5.74, 6) is 0.430. The zero-order valence-electron chi connectivity index (χ0n) is 12.4. The quantitative estimate of drug-likeness (QED) is 0.911. The third-order valence-corrected chi connectivity index (χ3v) is 3.89. The van der Waals surface area contributed by atoms with Crippen molar-refractivity contribution in [2.45, 2.75) is 26.3 Å². The third-order valence-electron chi connectivity index (χ3n) is 3.54. The molecule has 0 fully saturated rings. The Balaban J connectivity index is 2.34. The van der Waals surface area contributed by atoms with Crippen molar-refractivity contribution in [2.75, 3.05) is 7.11 Å². The average molecular weight is 308 g/mol. The summed E-state index contributed by atoms with van der Waals surface area (Å²) in [6, 6.07) is 8.16. The third kappa shape index (κ3) is 3.55. The maximum absolute atomic E-state index is 13.1. The fourth-order valence-electron chi connectivity index (χ4n) is 2.61. The van der Waals surface area contributed by atoms with E-state index in [2.05, 4.69) is 6.07 Å². The van der Waals surface area contributed by atoms with E-state index in [0.717, 1.165) is 28.0 Å². The van der Waals surface area contributed by atoms with E-state index < -0.39 is 0 Å². The maximum atomic E-state index is 13.1. The molecule has 0 spiro atoms. The minimum Gasteiger partial charge on any atom is -0.496 e. The lowest BCUT2D eigenvalue weighted by molar-refractivity contribution is 0.404. The summed E-state index contributed by atoms with van der Waals surface area (Å²) < 4.78 is 18.5. The van der Waals surface area contributed by atoms with Gasteiger partial charge in [0.2, 0.25) is 0 Å². The topological polar surface area (TPSA) is 35.2 Å². The van der Waals surface area contributed by atoms with Crippen LogP contribution in [0.1, 0.15) is 28.3 Å². The van der Waals surface area contributed by atoms with Crippen LogP contribution in [0.25, 0.3) is 0 Å². The molecule has 1 atom stereocenters. The van der Waals surface area contributed by atoms with Gasteiger partial charge in [-0.1, -0.05) is 23.7 Å². The second-order valence-corrected chi connectivity index (χ2v) is 5.65. The summed E-state index contributed by atoms with van der Waals surface area (Å²) in [5.41, 5.74) is 10.3. The molecule has 0 bridgehead atoms. The minimum atomic E-state index is -0.346. The Bertz CT molecular complexity index is 657. The van der Waals surface area contributed by atoms with Crippen molar-refractivity contribution >= 4 is 11.6 Å². The van der Waals surface area contributed by atoms with E-state index >= 15 is 0 Å². The smallest absolute Gasteiger partial charge is 0.124 e. The molecular weight excluding hydrogens is 289 g/mol. The summed E-state index contributed by atoms with van der Waals surface area (Å²) in [6.07, 6.45) is 0.527. The first-order valence-corrected chi connectivity index (χ1v) is 7.14. The van der Waals surface area contributed by atoms with E-state index in [0.29, 0.717) is 11.4 Å². The normalized spacial score (nSPS) is 12.3. The Labute approximate surface area is 129 Å². The lowest BCUT2D eigenvalue weighted by Crippen LogP contribution is -2.16. The number of benzene rings is 2. The van der Waals surface area contributed by atoms with Gasteiger partial charge in [-0.25, -0.2) is 4.39 Å². The van der Waals surface area contributed by atoms with E-state index in [-0.39, 0.29) is 11.9 Å². The highest BCUT2D eigenvalue weighted by atomic mass is 35.5. The number of ether oxygens (including phenoxy) is 1. The molecule has 2 N–H and O–H groups in total. The second kappa shape index (κ2) is 6.46. The first-order valence-electron chi connectivity index (χ1n) is 6.77. The number of nitrogens with two attached hydrogens (primary N) is 1. The summed E-state index contributed by atoms with van der Waals surface area (Å²) in [5, 5.41) is 0.397. The molecule has 21 heavy (non-hydrogen) atoms. The first-order chi connectivity index (χ1) is 9.92. The molecule has 2 aromatic rings.